The van der Waals surface area contributed by atoms with Crippen LogP contribution in [0.4, 0.5) is 87.8 Å². The van der Waals surface area contributed by atoms with Gasteiger partial charge >= 0.3 is 5.97 Å². The number of esters is 1. The number of ether oxygens (including phenoxy) is 1. The minimum atomic E-state index is -7.22. The number of carbonyl (C=O) groups excluding carboxylic acids is 2. The van der Waals surface area contributed by atoms with Gasteiger partial charge in [0.2, 0.25) is 5.78 Å². The van der Waals surface area contributed by atoms with Crippen molar-refractivity contribution < 1.29 is 102 Å². The standard InChI is InChI=1S/C24BF20.C15H21O3S/c26-5-1(6(27)14(35)21(42)13(5)34)25(2-7(28)15(36)22(43)16(37)8(2)29,3-9(30)17(38)23(44)18(39)10(3)31)4-11(32)19(40)24(45)20(41)12(4)33;1-15(2,3)18-14(17)12-8-6-11(7-9-12)13(16)10-19(4)5/h;6-9H,10H2,1-5H3/q-1;+1. The summed E-state index contributed by atoms with van der Waals surface area (Å²) >= 11 is 0. The van der Waals surface area contributed by atoms with Crippen LogP contribution in [0.5, 0.6) is 0 Å². The molecule has 0 N–H and O–H groups in total. The number of hydrogen-bond acceptors (Lipinski definition) is 3. The quantitative estimate of drug-likeness (QED) is 0.0298. The van der Waals surface area contributed by atoms with E-state index in [0.29, 0.717) is 16.9 Å². The lowest BCUT2D eigenvalue weighted by molar-refractivity contribution is 0.00691. The average Bonchev–Trinajstić information content (AvgIpc) is 3.23. The van der Waals surface area contributed by atoms with Crippen LogP contribution in [0, 0.1) is 116 Å². The van der Waals surface area contributed by atoms with Crippen LogP contribution in [-0.4, -0.2) is 41.8 Å². The van der Waals surface area contributed by atoms with Gasteiger partial charge in [0, 0.05) is 5.56 Å². The normalized spacial score (nSPS) is 11.8. The molecular formula is C39H21BF20O3S. The van der Waals surface area contributed by atoms with E-state index in [1.54, 1.807) is 24.3 Å². The number of hydrogen-bond donors (Lipinski definition) is 0. The molecule has 0 amide bonds. The topological polar surface area (TPSA) is 43.4 Å². The van der Waals surface area contributed by atoms with Gasteiger partial charge in [-0.1, -0.05) is 12.1 Å². The second-order valence-electron chi connectivity index (χ2n) is 14.4. The van der Waals surface area contributed by atoms with Crippen molar-refractivity contribution in [2.75, 3.05) is 18.3 Å². The number of carbonyl (C=O) groups is 2. The van der Waals surface area contributed by atoms with Gasteiger partial charge < -0.3 is 4.74 Å². The van der Waals surface area contributed by atoms with E-state index in [1.165, 1.54) is 0 Å². The maximum Gasteiger partial charge on any atom is 0.338 e. The summed E-state index contributed by atoms with van der Waals surface area (Å²) in [6.07, 6.45) is -3.15. The molecule has 25 heteroatoms. The van der Waals surface area contributed by atoms with Crippen molar-refractivity contribution in [3.63, 3.8) is 0 Å². The van der Waals surface area contributed by atoms with Gasteiger partial charge in [-0.05, 0) is 43.8 Å². The van der Waals surface area contributed by atoms with E-state index in [2.05, 4.69) is 0 Å². The zero-order valence-corrected chi connectivity index (χ0v) is 33.1. The summed E-state index contributed by atoms with van der Waals surface area (Å²) < 4.78 is 299. The molecule has 0 atom stereocenters. The maximum absolute atomic E-state index is 15.4. The van der Waals surface area contributed by atoms with Crippen LogP contribution in [0.25, 0.3) is 0 Å². The van der Waals surface area contributed by atoms with Crippen molar-refractivity contribution in [3.05, 3.63) is 152 Å². The molecule has 0 unspecified atom stereocenters. The van der Waals surface area contributed by atoms with E-state index >= 15 is 35.1 Å². The lowest BCUT2D eigenvalue weighted by atomic mass is 9.12. The third kappa shape index (κ3) is 8.61. The molecule has 0 aliphatic rings. The molecule has 0 aromatic heterocycles. The molecule has 3 nitrogen and oxygen atoms in total. The van der Waals surface area contributed by atoms with Crippen molar-refractivity contribution in [3.8, 4) is 0 Å². The number of rotatable bonds is 8. The molecule has 0 saturated carbocycles. The summed E-state index contributed by atoms with van der Waals surface area (Å²) in [4.78, 5) is 23.7. The van der Waals surface area contributed by atoms with Gasteiger partial charge in [0.1, 0.15) is 58.3 Å². The molecule has 5 aromatic rings. The Bertz CT molecular complexity index is 2340. The minimum absolute atomic E-state index is 0.0852. The molecule has 64 heavy (non-hydrogen) atoms. The second kappa shape index (κ2) is 18.4. The van der Waals surface area contributed by atoms with Gasteiger partial charge in [-0.25, -0.2) is 92.6 Å². The van der Waals surface area contributed by atoms with E-state index in [0.717, 1.165) is 0 Å². The summed E-state index contributed by atoms with van der Waals surface area (Å²) in [7, 11) is 0.0852. The molecule has 5 aromatic carbocycles. The first kappa shape index (κ1) is 50.9. The summed E-state index contributed by atoms with van der Waals surface area (Å²) in [6.45, 7) is 5.48. The highest BCUT2D eigenvalue weighted by molar-refractivity contribution is 7.96. The maximum atomic E-state index is 15.4. The third-order valence-electron chi connectivity index (χ3n) is 8.97. The van der Waals surface area contributed by atoms with Crippen LogP contribution >= 0.6 is 0 Å². The minimum Gasteiger partial charge on any atom is -0.456 e. The molecule has 0 spiro atoms. The number of ketones is 1. The fraction of sp³-hybridized carbons (Fsp3) is 0.179. The summed E-state index contributed by atoms with van der Waals surface area (Å²) in [5, 5.41) is 0. The van der Waals surface area contributed by atoms with Gasteiger partial charge in [-0.3, -0.25) is 4.79 Å². The zero-order chi connectivity index (χ0) is 49.0. The van der Waals surface area contributed by atoms with Gasteiger partial charge in [-0.15, -0.1) is 21.9 Å². The van der Waals surface area contributed by atoms with E-state index in [1.807, 2.05) is 33.3 Å². The summed E-state index contributed by atoms with van der Waals surface area (Å²) in [5.41, 5.74) is -13.7. The fourth-order valence-electron chi connectivity index (χ4n) is 6.35. The van der Waals surface area contributed by atoms with Crippen LogP contribution < -0.4 is 21.9 Å². The van der Waals surface area contributed by atoms with Crippen LogP contribution in [0.15, 0.2) is 24.3 Å². The van der Waals surface area contributed by atoms with Gasteiger partial charge in [0.25, 0.3) is 0 Å². The van der Waals surface area contributed by atoms with E-state index in [4.69, 9.17) is 4.74 Å². The Morgan fingerprint density at radius 2 is 0.609 bits per heavy atom. The molecule has 0 aliphatic heterocycles. The average molecular weight is 960 g/mol. The van der Waals surface area contributed by atoms with E-state index in [-0.39, 0.29) is 22.6 Å². The number of halogens is 20. The predicted molar refractivity (Wildman–Crippen MR) is 189 cm³/mol. The van der Waals surface area contributed by atoms with Crippen molar-refractivity contribution >= 4 is 50.6 Å². The van der Waals surface area contributed by atoms with Crippen molar-refractivity contribution in [1.29, 1.82) is 0 Å². The Labute approximate surface area is 348 Å². The fourth-order valence-corrected chi connectivity index (χ4v) is 7.04. The third-order valence-corrected chi connectivity index (χ3v) is 9.81. The SMILES string of the molecule is C[S+](C)CC(=O)c1ccc(C(=O)OC(C)(C)C)cc1.Fc1c(F)c(F)c([B-](c2c(F)c(F)c(F)c(F)c2F)(c2c(F)c(F)c(F)c(F)c2F)c2c(F)c(F)c(F)c(F)c2F)c(F)c1F. The molecule has 0 saturated heterocycles. The highest BCUT2D eigenvalue weighted by Gasteiger charge is 2.52. The van der Waals surface area contributed by atoms with Crippen LogP contribution in [-0.2, 0) is 15.6 Å². The summed E-state index contributed by atoms with van der Waals surface area (Å²) in [5.74, 6) is -71.1. The molecule has 0 aliphatic carbocycles. The number of Topliss-reactive ketones (excluding diaryl/α,β-unsaturated/α-hetero) is 1. The monoisotopic (exact) mass is 960 g/mol. The first-order valence-electron chi connectivity index (χ1n) is 17.0. The lowest BCUT2D eigenvalue weighted by Gasteiger charge is -2.44. The molecule has 0 radical (unpaired) electrons. The molecule has 0 bridgehead atoms. The van der Waals surface area contributed by atoms with Crippen molar-refractivity contribution in [2.45, 2.75) is 26.4 Å². The van der Waals surface area contributed by atoms with Crippen LogP contribution in [0.3, 0.4) is 0 Å². The largest absolute Gasteiger partial charge is 0.456 e. The van der Waals surface area contributed by atoms with Crippen molar-refractivity contribution in [1.82, 2.24) is 0 Å². The van der Waals surface area contributed by atoms with Gasteiger partial charge in [-0.2, -0.15) is 0 Å². The van der Waals surface area contributed by atoms with Crippen LogP contribution in [0.2, 0.25) is 0 Å². The lowest BCUT2D eigenvalue weighted by Crippen LogP contribution is -2.81. The zero-order valence-electron chi connectivity index (χ0n) is 32.3. The van der Waals surface area contributed by atoms with Crippen LogP contribution in [0.1, 0.15) is 41.5 Å². The Balaban J connectivity index is 0.000000395. The first-order valence-corrected chi connectivity index (χ1v) is 19.2. The Morgan fingerprint density at radius 3 is 0.812 bits per heavy atom. The molecule has 344 valence electrons. The highest BCUT2D eigenvalue weighted by Crippen LogP contribution is 2.31. The molecule has 0 fully saturated rings. The van der Waals surface area contributed by atoms with Gasteiger partial charge in [0.15, 0.2) is 75.6 Å². The smallest absolute Gasteiger partial charge is 0.338 e. The Kier molecular flexibility index (Phi) is 14.6. The Hall–Kier alpha value is -5.75. The van der Waals surface area contributed by atoms with E-state index in [9.17, 15) is 62.3 Å². The molecule has 5 rings (SSSR count). The van der Waals surface area contributed by atoms with Gasteiger partial charge in [0.05, 0.1) is 18.1 Å². The van der Waals surface area contributed by atoms with Crippen molar-refractivity contribution in [2.24, 2.45) is 0 Å². The Morgan fingerprint density at radius 1 is 0.406 bits per heavy atom. The summed E-state index contributed by atoms with van der Waals surface area (Å²) in [6, 6.07) is 6.67. The molecule has 0 heterocycles. The predicted octanol–water partition coefficient (Wildman–Crippen LogP) is 8.55. The number of benzene rings is 5. The van der Waals surface area contributed by atoms with E-state index < -0.39 is 150 Å². The second-order valence-corrected chi connectivity index (χ2v) is 16.7. The first-order chi connectivity index (χ1) is 29.4. The molecular weight excluding hydrogens is 939 g/mol. The highest BCUT2D eigenvalue weighted by atomic mass is 32.2.